The molecule has 18 heavy (non-hydrogen) atoms. The van der Waals surface area contributed by atoms with Gasteiger partial charge in [0.25, 0.3) is 5.91 Å². The molecule has 0 aliphatic rings. The summed E-state index contributed by atoms with van der Waals surface area (Å²) in [5.74, 6) is 0.211. The van der Waals surface area contributed by atoms with Crippen LogP contribution in [-0.2, 0) is 0 Å². The summed E-state index contributed by atoms with van der Waals surface area (Å²) in [5.41, 5.74) is 1.18. The average molecular weight is 247 g/mol. The SMILES string of the molecule is CNc1cnccc1C(=O)NC(C)c1nn[nH]n1. The standard InChI is InChI=1S/C10H13N7O/c1-6(9-14-16-17-15-9)13-10(18)7-3-4-12-5-8(7)11-2/h3-6,11H,1-2H3,(H,13,18)(H,14,15,16,17). The van der Waals surface area contributed by atoms with Crippen LogP contribution < -0.4 is 10.6 Å². The topological polar surface area (TPSA) is 108 Å². The lowest BCUT2D eigenvalue weighted by Crippen LogP contribution is -2.28. The molecule has 8 nitrogen and oxygen atoms in total. The molecule has 2 aromatic heterocycles. The minimum Gasteiger partial charge on any atom is -0.386 e. The minimum atomic E-state index is -0.325. The molecule has 8 heteroatoms. The van der Waals surface area contributed by atoms with Crippen LogP contribution in [0, 0.1) is 0 Å². The smallest absolute Gasteiger partial charge is 0.254 e. The molecule has 0 saturated carbocycles. The number of aromatic amines is 1. The molecule has 3 N–H and O–H groups in total. The van der Waals surface area contributed by atoms with Gasteiger partial charge in [-0.1, -0.05) is 5.21 Å². The Kier molecular flexibility index (Phi) is 3.46. The van der Waals surface area contributed by atoms with E-state index < -0.39 is 0 Å². The van der Waals surface area contributed by atoms with E-state index in [4.69, 9.17) is 0 Å². The van der Waals surface area contributed by atoms with E-state index in [9.17, 15) is 4.79 Å². The molecule has 2 heterocycles. The van der Waals surface area contributed by atoms with Gasteiger partial charge in [0.1, 0.15) is 0 Å². The first-order chi connectivity index (χ1) is 8.72. The van der Waals surface area contributed by atoms with Crippen molar-refractivity contribution in [1.82, 2.24) is 30.9 Å². The largest absolute Gasteiger partial charge is 0.386 e. The van der Waals surface area contributed by atoms with Crippen molar-refractivity contribution in [2.75, 3.05) is 12.4 Å². The van der Waals surface area contributed by atoms with Gasteiger partial charge < -0.3 is 10.6 Å². The average Bonchev–Trinajstić information content (AvgIpc) is 2.92. The predicted molar refractivity (Wildman–Crippen MR) is 63.8 cm³/mol. The number of nitrogens with zero attached hydrogens (tertiary/aromatic N) is 4. The van der Waals surface area contributed by atoms with Crippen LogP contribution >= 0.6 is 0 Å². The Hall–Kier alpha value is -2.51. The van der Waals surface area contributed by atoms with Gasteiger partial charge >= 0.3 is 0 Å². The quantitative estimate of drug-likeness (QED) is 0.708. The monoisotopic (exact) mass is 247 g/mol. The molecule has 2 rings (SSSR count). The van der Waals surface area contributed by atoms with Gasteiger partial charge in [-0.2, -0.15) is 5.21 Å². The van der Waals surface area contributed by atoms with E-state index in [2.05, 4.69) is 36.2 Å². The van der Waals surface area contributed by atoms with Crippen LogP contribution in [-0.4, -0.2) is 38.6 Å². The number of pyridine rings is 1. The third-order valence-electron chi connectivity index (χ3n) is 2.43. The molecular formula is C10H13N7O. The van der Waals surface area contributed by atoms with E-state index in [0.29, 0.717) is 17.1 Å². The maximum atomic E-state index is 12.1. The van der Waals surface area contributed by atoms with Gasteiger partial charge in [0.05, 0.1) is 23.5 Å². The zero-order valence-electron chi connectivity index (χ0n) is 10.0. The molecule has 0 radical (unpaired) electrons. The molecule has 1 unspecified atom stereocenters. The summed E-state index contributed by atoms with van der Waals surface area (Å²) >= 11 is 0. The van der Waals surface area contributed by atoms with Crippen molar-refractivity contribution < 1.29 is 4.79 Å². The van der Waals surface area contributed by atoms with Gasteiger partial charge in [-0.15, -0.1) is 10.2 Å². The number of tetrazole rings is 1. The number of anilines is 1. The van der Waals surface area contributed by atoms with Gasteiger partial charge in [0.15, 0.2) is 5.82 Å². The fourth-order valence-electron chi connectivity index (χ4n) is 1.48. The highest BCUT2D eigenvalue weighted by molar-refractivity contribution is 5.99. The molecule has 2 aromatic rings. The molecule has 0 fully saturated rings. The summed E-state index contributed by atoms with van der Waals surface area (Å²) in [4.78, 5) is 16.0. The fraction of sp³-hybridized carbons (Fsp3) is 0.300. The molecule has 0 saturated heterocycles. The van der Waals surface area contributed by atoms with Crippen LogP contribution in [0.4, 0.5) is 5.69 Å². The van der Waals surface area contributed by atoms with E-state index in [0.717, 1.165) is 0 Å². The van der Waals surface area contributed by atoms with Gasteiger partial charge in [0.2, 0.25) is 0 Å². The second-order valence-electron chi connectivity index (χ2n) is 3.64. The van der Waals surface area contributed by atoms with Crippen LogP contribution in [0.15, 0.2) is 18.5 Å². The van der Waals surface area contributed by atoms with Crippen molar-refractivity contribution in [3.8, 4) is 0 Å². The Bertz CT molecular complexity index is 525. The van der Waals surface area contributed by atoms with Crippen LogP contribution in [0.1, 0.15) is 29.1 Å². The second-order valence-corrected chi connectivity index (χ2v) is 3.64. The summed E-state index contributed by atoms with van der Waals surface area (Å²) in [6, 6.07) is 1.32. The van der Waals surface area contributed by atoms with Crippen molar-refractivity contribution in [3.63, 3.8) is 0 Å². The van der Waals surface area contributed by atoms with Gasteiger partial charge in [-0.05, 0) is 13.0 Å². The summed E-state index contributed by atoms with van der Waals surface area (Å²) < 4.78 is 0. The fourth-order valence-corrected chi connectivity index (χ4v) is 1.48. The molecule has 0 aliphatic heterocycles. The highest BCUT2D eigenvalue weighted by Gasteiger charge is 2.16. The van der Waals surface area contributed by atoms with Crippen LogP contribution in [0.2, 0.25) is 0 Å². The predicted octanol–water partition coefficient (Wildman–Crippen LogP) is 0.127. The van der Waals surface area contributed by atoms with Gasteiger partial charge in [0, 0.05) is 13.2 Å². The number of H-pyrrole nitrogens is 1. The van der Waals surface area contributed by atoms with Gasteiger partial charge in [-0.25, -0.2) is 0 Å². The Morgan fingerprint density at radius 1 is 1.50 bits per heavy atom. The highest BCUT2D eigenvalue weighted by atomic mass is 16.1. The van der Waals surface area contributed by atoms with Crippen molar-refractivity contribution in [1.29, 1.82) is 0 Å². The number of carbonyl (C=O) groups excluding carboxylic acids is 1. The first kappa shape index (κ1) is 12.0. The first-order valence-corrected chi connectivity index (χ1v) is 5.38. The van der Waals surface area contributed by atoms with Crippen LogP contribution in [0.25, 0.3) is 0 Å². The Morgan fingerprint density at radius 3 is 3.00 bits per heavy atom. The number of amides is 1. The second kappa shape index (κ2) is 5.21. The van der Waals surface area contributed by atoms with Gasteiger partial charge in [-0.3, -0.25) is 9.78 Å². The number of hydrogen-bond donors (Lipinski definition) is 3. The molecule has 1 amide bonds. The van der Waals surface area contributed by atoms with E-state index in [1.54, 1.807) is 32.4 Å². The number of aromatic nitrogens is 5. The molecule has 0 aromatic carbocycles. The maximum absolute atomic E-state index is 12.1. The van der Waals surface area contributed by atoms with E-state index >= 15 is 0 Å². The zero-order chi connectivity index (χ0) is 13.0. The summed E-state index contributed by atoms with van der Waals surface area (Å²) in [6.07, 6.45) is 3.16. The third-order valence-corrected chi connectivity index (χ3v) is 2.43. The number of carbonyl (C=O) groups is 1. The van der Waals surface area contributed by atoms with E-state index in [-0.39, 0.29) is 11.9 Å². The summed E-state index contributed by atoms with van der Waals surface area (Å²) in [7, 11) is 1.73. The number of rotatable bonds is 4. The maximum Gasteiger partial charge on any atom is 0.254 e. The summed E-state index contributed by atoms with van der Waals surface area (Å²) in [5, 5.41) is 19.1. The Balaban J connectivity index is 2.12. The van der Waals surface area contributed by atoms with Crippen LogP contribution in [0.3, 0.4) is 0 Å². The zero-order valence-corrected chi connectivity index (χ0v) is 10.0. The molecule has 0 spiro atoms. The molecule has 0 bridgehead atoms. The van der Waals surface area contributed by atoms with Crippen molar-refractivity contribution in [2.24, 2.45) is 0 Å². The lowest BCUT2D eigenvalue weighted by molar-refractivity contribution is 0.0939. The lowest BCUT2D eigenvalue weighted by Gasteiger charge is -2.12. The Labute approximate surface area is 103 Å². The molecule has 94 valence electrons. The summed E-state index contributed by atoms with van der Waals surface area (Å²) in [6.45, 7) is 1.78. The van der Waals surface area contributed by atoms with Crippen molar-refractivity contribution >= 4 is 11.6 Å². The number of nitrogens with one attached hydrogen (secondary N) is 3. The lowest BCUT2D eigenvalue weighted by atomic mass is 10.2. The Morgan fingerprint density at radius 2 is 2.33 bits per heavy atom. The van der Waals surface area contributed by atoms with Crippen molar-refractivity contribution in [3.05, 3.63) is 29.8 Å². The molecule has 1 atom stereocenters. The minimum absolute atomic E-state index is 0.223. The van der Waals surface area contributed by atoms with Crippen molar-refractivity contribution in [2.45, 2.75) is 13.0 Å². The normalized spacial score (nSPS) is 11.9. The first-order valence-electron chi connectivity index (χ1n) is 5.38. The third kappa shape index (κ3) is 2.42. The van der Waals surface area contributed by atoms with E-state index in [1.165, 1.54) is 0 Å². The molecule has 0 aliphatic carbocycles. The highest BCUT2D eigenvalue weighted by Crippen LogP contribution is 2.14. The number of hydrogen-bond acceptors (Lipinski definition) is 6. The molecular weight excluding hydrogens is 234 g/mol. The van der Waals surface area contributed by atoms with Crippen LogP contribution in [0.5, 0.6) is 0 Å². The van der Waals surface area contributed by atoms with E-state index in [1.807, 2.05) is 0 Å².